The van der Waals surface area contributed by atoms with Crippen molar-refractivity contribution in [1.82, 2.24) is 10.6 Å². The van der Waals surface area contributed by atoms with Gasteiger partial charge in [0.15, 0.2) is 0 Å². The largest absolute Gasteiger partial charge is 0.489 e. The first-order valence-corrected chi connectivity index (χ1v) is 11.3. The van der Waals surface area contributed by atoms with Gasteiger partial charge in [-0.2, -0.15) is 0 Å². The third-order valence-corrected chi connectivity index (χ3v) is 5.41. The molecule has 7 heteroatoms. The number of nitrogens with one attached hydrogen (secondary N) is 2. The number of amides is 2. The highest BCUT2D eigenvalue weighted by atomic mass is 19.1. The van der Waals surface area contributed by atoms with E-state index in [1.807, 2.05) is 31.2 Å². The second kappa shape index (κ2) is 11.7. The monoisotopic (exact) mass is 484 g/mol. The number of furan rings is 1. The van der Waals surface area contributed by atoms with E-state index in [9.17, 15) is 14.0 Å². The predicted molar refractivity (Wildman–Crippen MR) is 134 cm³/mol. The van der Waals surface area contributed by atoms with Crippen molar-refractivity contribution in [3.8, 4) is 5.75 Å². The highest BCUT2D eigenvalue weighted by molar-refractivity contribution is 6.05. The molecule has 0 fully saturated rings. The van der Waals surface area contributed by atoms with Gasteiger partial charge in [-0.25, -0.2) is 4.39 Å². The van der Waals surface area contributed by atoms with Gasteiger partial charge in [0.25, 0.3) is 11.8 Å². The van der Waals surface area contributed by atoms with Gasteiger partial charge in [-0.3, -0.25) is 9.59 Å². The lowest BCUT2D eigenvalue weighted by atomic mass is 10.1. The first-order chi connectivity index (χ1) is 17.5. The van der Waals surface area contributed by atoms with E-state index in [-0.39, 0.29) is 24.0 Å². The summed E-state index contributed by atoms with van der Waals surface area (Å²) in [6.45, 7) is 2.39. The van der Waals surface area contributed by atoms with Gasteiger partial charge in [0.2, 0.25) is 0 Å². The van der Waals surface area contributed by atoms with E-state index in [2.05, 4.69) is 10.6 Å². The number of halogens is 1. The fraction of sp³-hybridized carbons (Fsp3) is 0.103. The van der Waals surface area contributed by atoms with Gasteiger partial charge in [0.1, 0.15) is 29.6 Å². The Bertz CT molecular complexity index is 1350. The van der Waals surface area contributed by atoms with E-state index in [4.69, 9.17) is 9.15 Å². The number of carbonyl (C=O) groups excluding carboxylic acids is 2. The molecular weight excluding hydrogens is 459 g/mol. The number of ether oxygens (including phenoxy) is 1. The molecule has 0 spiro atoms. The molecule has 0 aliphatic carbocycles. The van der Waals surface area contributed by atoms with Gasteiger partial charge in [-0.15, -0.1) is 0 Å². The fourth-order valence-corrected chi connectivity index (χ4v) is 3.42. The van der Waals surface area contributed by atoms with Crippen LogP contribution in [0.15, 0.2) is 101 Å². The standard InChI is InChI=1S/C29H25FN2O4/c1-20-5-2-3-7-26(20)28(33)32-27(17-25-6-4-16-35-25)29(34)31-18-21-10-14-24(15-11-21)36-19-22-8-12-23(30)13-9-22/h2-17H,18-19H2,1H3,(H,31,34)(H,32,33)/b27-17-. The molecule has 2 N–H and O–H groups in total. The molecule has 0 saturated carbocycles. The Labute approximate surface area is 208 Å². The summed E-state index contributed by atoms with van der Waals surface area (Å²) >= 11 is 0. The first-order valence-electron chi connectivity index (χ1n) is 11.3. The quantitative estimate of drug-likeness (QED) is 0.312. The maximum absolute atomic E-state index is 13.0. The van der Waals surface area contributed by atoms with Crippen LogP contribution in [0, 0.1) is 12.7 Å². The van der Waals surface area contributed by atoms with Gasteiger partial charge >= 0.3 is 0 Å². The summed E-state index contributed by atoms with van der Waals surface area (Å²) in [5.74, 6) is -0.0399. The van der Waals surface area contributed by atoms with E-state index in [1.165, 1.54) is 24.5 Å². The van der Waals surface area contributed by atoms with Crippen molar-refractivity contribution in [2.45, 2.75) is 20.1 Å². The molecule has 36 heavy (non-hydrogen) atoms. The minimum absolute atomic E-state index is 0.0671. The van der Waals surface area contributed by atoms with Gasteiger partial charge in [-0.05, 0) is 66.1 Å². The summed E-state index contributed by atoms with van der Waals surface area (Å²) in [4.78, 5) is 25.8. The Hall–Kier alpha value is -4.65. The molecule has 0 unspecified atom stereocenters. The number of hydrogen-bond donors (Lipinski definition) is 2. The molecule has 0 bridgehead atoms. The molecule has 0 radical (unpaired) electrons. The summed E-state index contributed by atoms with van der Waals surface area (Å²) in [6, 6.07) is 23.9. The number of benzene rings is 3. The Morgan fingerprint density at radius 1 is 0.917 bits per heavy atom. The van der Waals surface area contributed by atoms with Gasteiger partial charge in [0.05, 0.1) is 6.26 Å². The van der Waals surface area contributed by atoms with Crippen LogP contribution in [-0.4, -0.2) is 11.8 Å². The summed E-state index contributed by atoms with van der Waals surface area (Å²) in [5, 5.41) is 5.53. The summed E-state index contributed by atoms with van der Waals surface area (Å²) in [6.07, 6.45) is 2.97. The van der Waals surface area contributed by atoms with E-state index in [0.717, 1.165) is 16.7 Å². The van der Waals surface area contributed by atoms with E-state index in [0.29, 0.717) is 23.7 Å². The molecule has 0 aliphatic rings. The van der Waals surface area contributed by atoms with Crippen LogP contribution in [0.25, 0.3) is 6.08 Å². The third kappa shape index (κ3) is 6.70. The van der Waals surface area contributed by atoms with E-state index < -0.39 is 5.91 Å². The van der Waals surface area contributed by atoms with Crippen molar-refractivity contribution >= 4 is 17.9 Å². The average molecular weight is 485 g/mol. The summed E-state index contributed by atoms with van der Waals surface area (Å²) < 4.78 is 24.1. The van der Waals surface area contributed by atoms with Crippen molar-refractivity contribution in [2.24, 2.45) is 0 Å². The Balaban J connectivity index is 1.37. The number of aryl methyl sites for hydroxylation is 1. The summed E-state index contributed by atoms with van der Waals surface area (Å²) in [7, 11) is 0. The van der Waals surface area contributed by atoms with Crippen molar-refractivity contribution in [2.75, 3.05) is 0 Å². The zero-order valence-electron chi connectivity index (χ0n) is 19.7. The second-order valence-corrected chi connectivity index (χ2v) is 8.08. The van der Waals surface area contributed by atoms with Gasteiger partial charge in [0, 0.05) is 18.2 Å². The molecule has 2 amide bonds. The second-order valence-electron chi connectivity index (χ2n) is 8.08. The predicted octanol–water partition coefficient (Wildman–Crippen LogP) is 5.39. The zero-order chi connectivity index (χ0) is 25.3. The number of carbonyl (C=O) groups is 2. The summed E-state index contributed by atoms with van der Waals surface area (Å²) in [5.41, 5.74) is 3.05. The maximum atomic E-state index is 13.0. The third-order valence-electron chi connectivity index (χ3n) is 5.41. The molecule has 4 aromatic rings. The van der Waals surface area contributed by atoms with E-state index in [1.54, 1.807) is 48.5 Å². The Morgan fingerprint density at radius 3 is 2.33 bits per heavy atom. The molecule has 0 atom stereocenters. The van der Waals surface area contributed by atoms with Crippen LogP contribution in [0.3, 0.4) is 0 Å². The van der Waals surface area contributed by atoms with Crippen LogP contribution in [-0.2, 0) is 17.9 Å². The lowest BCUT2D eigenvalue weighted by molar-refractivity contribution is -0.117. The lowest BCUT2D eigenvalue weighted by Gasteiger charge is -2.12. The van der Waals surface area contributed by atoms with Crippen LogP contribution in [0.1, 0.15) is 32.8 Å². The minimum Gasteiger partial charge on any atom is -0.489 e. The van der Waals surface area contributed by atoms with Crippen molar-refractivity contribution < 1.29 is 23.1 Å². The van der Waals surface area contributed by atoms with Crippen LogP contribution in [0.5, 0.6) is 5.75 Å². The van der Waals surface area contributed by atoms with Crippen molar-refractivity contribution in [3.05, 3.63) is 131 Å². The molecular formula is C29H25FN2O4. The average Bonchev–Trinajstić information content (AvgIpc) is 3.40. The first kappa shape index (κ1) is 24.5. The maximum Gasteiger partial charge on any atom is 0.268 e. The van der Waals surface area contributed by atoms with Crippen molar-refractivity contribution in [3.63, 3.8) is 0 Å². The number of hydrogen-bond acceptors (Lipinski definition) is 4. The topological polar surface area (TPSA) is 80.6 Å². The Kier molecular flexibility index (Phi) is 7.93. The highest BCUT2D eigenvalue weighted by Crippen LogP contribution is 2.15. The normalized spacial score (nSPS) is 11.1. The SMILES string of the molecule is Cc1ccccc1C(=O)N/C(=C\c1ccco1)C(=O)NCc1ccc(OCc2ccc(F)cc2)cc1. The zero-order valence-corrected chi connectivity index (χ0v) is 19.7. The minimum atomic E-state index is -0.454. The van der Waals surface area contributed by atoms with Crippen LogP contribution < -0.4 is 15.4 Å². The van der Waals surface area contributed by atoms with Gasteiger partial charge < -0.3 is 19.8 Å². The Morgan fingerprint density at radius 2 is 1.64 bits per heavy atom. The van der Waals surface area contributed by atoms with Crippen LogP contribution in [0.2, 0.25) is 0 Å². The molecule has 0 aliphatic heterocycles. The number of rotatable bonds is 9. The van der Waals surface area contributed by atoms with Crippen molar-refractivity contribution in [1.29, 1.82) is 0 Å². The molecule has 6 nitrogen and oxygen atoms in total. The molecule has 1 aromatic heterocycles. The van der Waals surface area contributed by atoms with E-state index >= 15 is 0 Å². The highest BCUT2D eigenvalue weighted by Gasteiger charge is 2.16. The van der Waals surface area contributed by atoms with Gasteiger partial charge in [-0.1, -0.05) is 42.5 Å². The molecule has 3 aromatic carbocycles. The molecule has 182 valence electrons. The smallest absolute Gasteiger partial charge is 0.268 e. The fourth-order valence-electron chi connectivity index (χ4n) is 3.42. The lowest BCUT2D eigenvalue weighted by Crippen LogP contribution is -2.34. The molecule has 1 heterocycles. The van der Waals surface area contributed by atoms with Crippen LogP contribution in [0.4, 0.5) is 4.39 Å². The van der Waals surface area contributed by atoms with Crippen LogP contribution >= 0.6 is 0 Å². The molecule has 0 saturated heterocycles. The molecule has 4 rings (SSSR count).